The van der Waals surface area contributed by atoms with Crippen molar-refractivity contribution in [2.75, 3.05) is 24.6 Å². The first-order chi connectivity index (χ1) is 11.1. The third kappa shape index (κ3) is 3.64. The topological polar surface area (TPSA) is 84.7 Å². The van der Waals surface area contributed by atoms with Gasteiger partial charge in [0.2, 0.25) is 5.91 Å². The van der Waals surface area contributed by atoms with Gasteiger partial charge in [-0.2, -0.15) is 0 Å². The molecule has 1 saturated carbocycles. The second-order valence-electron chi connectivity index (χ2n) is 6.22. The van der Waals surface area contributed by atoms with Gasteiger partial charge in [0.1, 0.15) is 5.75 Å². The number of carbonyl (C=O) groups is 2. The summed E-state index contributed by atoms with van der Waals surface area (Å²) in [6, 6.07) is 7.68. The van der Waals surface area contributed by atoms with Gasteiger partial charge in [-0.05, 0) is 37.8 Å². The molecule has 6 nitrogen and oxygen atoms in total. The Hall–Kier alpha value is -2.08. The zero-order valence-corrected chi connectivity index (χ0v) is 13.2. The smallest absolute Gasteiger partial charge is 0.265 e. The fourth-order valence-corrected chi connectivity index (χ4v) is 3.25. The van der Waals surface area contributed by atoms with E-state index >= 15 is 0 Å². The molecule has 2 amide bonds. The van der Waals surface area contributed by atoms with E-state index in [2.05, 4.69) is 5.32 Å². The molecule has 23 heavy (non-hydrogen) atoms. The molecular weight excluding hydrogens is 294 g/mol. The van der Waals surface area contributed by atoms with E-state index < -0.39 is 0 Å². The second-order valence-corrected chi connectivity index (χ2v) is 6.22. The van der Waals surface area contributed by atoms with Crippen LogP contribution in [0.1, 0.15) is 25.7 Å². The van der Waals surface area contributed by atoms with Crippen molar-refractivity contribution in [1.82, 2.24) is 5.32 Å². The van der Waals surface area contributed by atoms with Crippen LogP contribution in [0.3, 0.4) is 0 Å². The Morgan fingerprint density at radius 2 is 2.17 bits per heavy atom. The van der Waals surface area contributed by atoms with Crippen molar-refractivity contribution in [3.8, 4) is 5.75 Å². The maximum atomic E-state index is 12.0. The molecule has 1 aliphatic heterocycles. The summed E-state index contributed by atoms with van der Waals surface area (Å²) < 4.78 is 5.42. The molecule has 2 unspecified atom stereocenters. The molecule has 0 spiro atoms. The number of hydrogen-bond donors (Lipinski definition) is 2. The normalized spacial score (nSPS) is 23.3. The summed E-state index contributed by atoms with van der Waals surface area (Å²) in [6.45, 7) is 1.21. The van der Waals surface area contributed by atoms with Gasteiger partial charge in [-0.15, -0.1) is 0 Å². The molecule has 0 radical (unpaired) electrons. The van der Waals surface area contributed by atoms with Crippen LogP contribution in [-0.2, 0) is 9.59 Å². The van der Waals surface area contributed by atoms with Crippen LogP contribution in [0.4, 0.5) is 5.69 Å². The SMILES string of the molecule is NC1CCC(C(=O)NCCCN2C(=O)COc3ccccc32)C1. The van der Waals surface area contributed by atoms with Gasteiger partial charge in [-0.3, -0.25) is 9.59 Å². The predicted molar refractivity (Wildman–Crippen MR) is 87.2 cm³/mol. The lowest BCUT2D eigenvalue weighted by atomic mass is 10.1. The number of nitrogens with two attached hydrogens (primary N) is 1. The zero-order valence-electron chi connectivity index (χ0n) is 13.2. The highest BCUT2D eigenvalue weighted by molar-refractivity contribution is 5.97. The van der Waals surface area contributed by atoms with Crippen LogP contribution >= 0.6 is 0 Å². The Bertz CT molecular complexity index is 590. The number of amides is 2. The molecule has 2 atom stereocenters. The molecule has 1 aromatic rings. The van der Waals surface area contributed by atoms with E-state index in [1.54, 1.807) is 4.90 Å². The molecule has 0 bridgehead atoms. The van der Waals surface area contributed by atoms with Crippen molar-refractivity contribution in [3.63, 3.8) is 0 Å². The molecule has 1 aromatic carbocycles. The Morgan fingerprint density at radius 1 is 1.35 bits per heavy atom. The van der Waals surface area contributed by atoms with Gasteiger partial charge >= 0.3 is 0 Å². The molecule has 3 N–H and O–H groups in total. The van der Waals surface area contributed by atoms with Crippen LogP contribution in [-0.4, -0.2) is 37.6 Å². The van der Waals surface area contributed by atoms with E-state index in [4.69, 9.17) is 10.5 Å². The van der Waals surface area contributed by atoms with E-state index in [0.29, 0.717) is 19.5 Å². The molecule has 0 saturated heterocycles. The van der Waals surface area contributed by atoms with Crippen molar-refractivity contribution in [2.24, 2.45) is 11.7 Å². The number of fused-ring (bicyclic) bond motifs is 1. The molecule has 124 valence electrons. The quantitative estimate of drug-likeness (QED) is 0.795. The molecule has 6 heteroatoms. The summed E-state index contributed by atoms with van der Waals surface area (Å²) in [5.74, 6) is 0.829. The minimum Gasteiger partial charge on any atom is -0.482 e. The van der Waals surface area contributed by atoms with Crippen molar-refractivity contribution < 1.29 is 14.3 Å². The molecule has 0 aromatic heterocycles. The van der Waals surface area contributed by atoms with E-state index in [0.717, 1.165) is 30.7 Å². The number of para-hydroxylation sites is 2. The van der Waals surface area contributed by atoms with Gasteiger partial charge in [0, 0.05) is 25.0 Å². The molecular formula is C17H23N3O3. The summed E-state index contributed by atoms with van der Waals surface area (Å²) in [7, 11) is 0. The van der Waals surface area contributed by atoms with Crippen molar-refractivity contribution in [1.29, 1.82) is 0 Å². The number of rotatable bonds is 5. The van der Waals surface area contributed by atoms with Crippen LogP contribution in [0.15, 0.2) is 24.3 Å². The highest BCUT2D eigenvalue weighted by Crippen LogP contribution is 2.31. The maximum Gasteiger partial charge on any atom is 0.265 e. The average Bonchev–Trinajstić information content (AvgIpc) is 2.99. The van der Waals surface area contributed by atoms with Gasteiger partial charge in [0.05, 0.1) is 5.69 Å². The van der Waals surface area contributed by atoms with Crippen molar-refractivity contribution >= 4 is 17.5 Å². The second kappa shape index (κ2) is 7.00. The lowest BCUT2D eigenvalue weighted by molar-refractivity contribution is -0.124. The van der Waals surface area contributed by atoms with Crippen LogP contribution in [0, 0.1) is 5.92 Å². The van der Waals surface area contributed by atoms with E-state index in [-0.39, 0.29) is 30.4 Å². The van der Waals surface area contributed by atoms with Crippen LogP contribution in [0.2, 0.25) is 0 Å². The Labute approximate surface area is 136 Å². The van der Waals surface area contributed by atoms with Crippen molar-refractivity contribution in [3.05, 3.63) is 24.3 Å². The molecule has 3 rings (SSSR count). The lowest BCUT2D eigenvalue weighted by Crippen LogP contribution is -2.40. The minimum absolute atomic E-state index is 0.0446. The van der Waals surface area contributed by atoms with Gasteiger partial charge in [-0.25, -0.2) is 0 Å². The number of anilines is 1. The summed E-state index contributed by atoms with van der Waals surface area (Å²) in [4.78, 5) is 25.8. The number of nitrogens with one attached hydrogen (secondary N) is 1. The van der Waals surface area contributed by atoms with Crippen LogP contribution < -0.4 is 20.7 Å². The average molecular weight is 317 g/mol. The minimum atomic E-state index is -0.0446. The predicted octanol–water partition coefficient (Wildman–Crippen LogP) is 1.05. The third-order valence-electron chi connectivity index (χ3n) is 4.51. The Balaban J connectivity index is 1.47. The summed E-state index contributed by atoms with van der Waals surface area (Å²) in [6.07, 6.45) is 3.30. The van der Waals surface area contributed by atoms with E-state index in [1.165, 1.54) is 0 Å². The maximum absolute atomic E-state index is 12.0. The molecule has 1 heterocycles. The fourth-order valence-electron chi connectivity index (χ4n) is 3.25. The van der Waals surface area contributed by atoms with Crippen LogP contribution in [0.25, 0.3) is 0 Å². The van der Waals surface area contributed by atoms with Crippen LogP contribution in [0.5, 0.6) is 5.75 Å². The first-order valence-corrected chi connectivity index (χ1v) is 8.20. The lowest BCUT2D eigenvalue weighted by Gasteiger charge is -2.29. The number of hydrogen-bond acceptors (Lipinski definition) is 4. The Morgan fingerprint density at radius 3 is 2.96 bits per heavy atom. The van der Waals surface area contributed by atoms with Gasteiger partial charge in [0.15, 0.2) is 6.61 Å². The first kappa shape index (κ1) is 15.8. The highest BCUT2D eigenvalue weighted by atomic mass is 16.5. The zero-order chi connectivity index (χ0) is 16.2. The summed E-state index contributed by atoms with van der Waals surface area (Å²) >= 11 is 0. The number of nitrogens with zero attached hydrogens (tertiary/aromatic N) is 1. The van der Waals surface area contributed by atoms with Gasteiger partial charge in [0.25, 0.3) is 5.91 Å². The third-order valence-corrected chi connectivity index (χ3v) is 4.51. The number of ether oxygens (including phenoxy) is 1. The largest absolute Gasteiger partial charge is 0.482 e. The number of carbonyl (C=O) groups excluding carboxylic acids is 2. The monoisotopic (exact) mass is 317 g/mol. The standard InChI is InChI=1S/C17H23N3O3/c18-13-7-6-12(10-13)17(22)19-8-3-9-20-14-4-1-2-5-15(14)23-11-16(20)21/h1-2,4-5,12-13H,3,6-11,18H2,(H,19,22). The Kier molecular flexibility index (Phi) is 4.81. The van der Waals surface area contributed by atoms with E-state index in [9.17, 15) is 9.59 Å². The molecule has 2 aliphatic rings. The van der Waals surface area contributed by atoms with Crippen molar-refractivity contribution in [2.45, 2.75) is 31.7 Å². The summed E-state index contributed by atoms with van der Waals surface area (Å²) in [5.41, 5.74) is 6.64. The molecule has 1 aliphatic carbocycles. The number of benzene rings is 1. The van der Waals surface area contributed by atoms with E-state index in [1.807, 2.05) is 24.3 Å². The first-order valence-electron chi connectivity index (χ1n) is 8.20. The molecule has 1 fully saturated rings. The fraction of sp³-hybridized carbons (Fsp3) is 0.529. The summed E-state index contributed by atoms with van der Waals surface area (Å²) in [5, 5.41) is 2.96. The van der Waals surface area contributed by atoms with Gasteiger partial charge < -0.3 is 20.7 Å². The highest BCUT2D eigenvalue weighted by Gasteiger charge is 2.28. The van der Waals surface area contributed by atoms with Gasteiger partial charge in [-0.1, -0.05) is 12.1 Å².